The van der Waals surface area contributed by atoms with E-state index in [0.717, 1.165) is 18.4 Å². The van der Waals surface area contributed by atoms with Crippen molar-refractivity contribution >= 4 is 29.4 Å². The Labute approximate surface area is 178 Å². The number of nitrogens with zero attached hydrogens (tertiary/aromatic N) is 2. The van der Waals surface area contributed by atoms with Crippen LogP contribution in [-0.2, 0) is 16.1 Å². The minimum absolute atomic E-state index is 0.0456. The van der Waals surface area contributed by atoms with Crippen molar-refractivity contribution < 1.29 is 23.6 Å². The zero-order valence-electron chi connectivity index (χ0n) is 16.7. The maximum absolute atomic E-state index is 12.6. The Morgan fingerprint density at radius 3 is 2.60 bits per heavy atom. The normalized spacial score (nSPS) is 17.5. The molecule has 0 unspecified atom stereocenters. The van der Waals surface area contributed by atoms with Gasteiger partial charge in [-0.1, -0.05) is 16.8 Å². The van der Waals surface area contributed by atoms with E-state index in [1.165, 1.54) is 6.07 Å². The Hall–Kier alpha value is -2.87. The standard InChI is InChI=1S/C21H22ClN3O5/c1-11(2)25-10-13-7-12(8-14(22)17(13)18(25)26)16-9-15(24-30-16)19(27)29-21(20(23)28)5-3-4-6-21/h7-9,11H,3-6,10H2,1-2H3,(H2,23,28). The smallest absolute Gasteiger partial charge is 0.361 e. The first-order chi connectivity index (χ1) is 14.2. The molecule has 2 aliphatic rings. The van der Waals surface area contributed by atoms with Crippen LogP contribution in [0.4, 0.5) is 0 Å². The number of esters is 1. The second-order valence-electron chi connectivity index (χ2n) is 8.05. The van der Waals surface area contributed by atoms with Gasteiger partial charge in [0.2, 0.25) is 0 Å². The number of ether oxygens (including phenoxy) is 1. The average molecular weight is 432 g/mol. The molecule has 1 aromatic heterocycles. The van der Waals surface area contributed by atoms with Crippen molar-refractivity contribution in [2.75, 3.05) is 0 Å². The van der Waals surface area contributed by atoms with E-state index in [9.17, 15) is 14.4 Å². The van der Waals surface area contributed by atoms with Crippen LogP contribution in [0, 0.1) is 0 Å². The van der Waals surface area contributed by atoms with Gasteiger partial charge in [-0.25, -0.2) is 4.79 Å². The number of benzene rings is 1. The highest BCUT2D eigenvalue weighted by molar-refractivity contribution is 6.34. The molecule has 2 aromatic rings. The van der Waals surface area contributed by atoms with Crippen LogP contribution in [0.1, 0.15) is 65.9 Å². The Bertz CT molecular complexity index is 1040. The molecule has 158 valence electrons. The highest BCUT2D eigenvalue weighted by Gasteiger charge is 2.44. The van der Waals surface area contributed by atoms with Gasteiger partial charge in [0.05, 0.1) is 10.6 Å². The highest BCUT2D eigenvalue weighted by atomic mass is 35.5. The number of carbonyl (C=O) groups excluding carboxylic acids is 3. The molecule has 1 aliphatic heterocycles. The predicted molar refractivity (Wildman–Crippen MR) is 108 cm³/mol. The molecule has 2 heterocycles. The molecule has 2 amide bonds. The molecule has 0 spiro atoms. The second kappa shape index (κ2) is 7.43. The largest absolute Gasteiger partial charge is 0.444 e. The van der Waals surface area contributed by atoms with Crippen LogP contribution in [0.25, 0.3) is 11.3 Å². The van der Waals surface area contributed by atoms with E-state index in [1.807, 2.05) is 13.8 Å². The molecule has 30 heavy (non-hydrogen) atoms. The van der Waals surface area contributed by atoms with Gasteiger partial charge in [-0.15, -0.1) is 0 Å². The lowest BCUT2D eigenvalue weighted by atomic mass is 10.0. The van der Waals surface area contributed by atoms with Gasteiger partial charge in [0.25, 0.3) is 11.8 Å². The first kappa shape index (κ1) is 20.4. The lowest BCUT2D eigenvalue weighted by molar-refractivity contribution is -0.136. The zero-order chi connectivity index (χ0) is 21.6. The van der Waals surface area contributed by atoms with E-state index in [1.54, 1.807) is 17.0 Å². The lowest BCUT2D eigenvalue weighted by Crippen LogP contribution is -2.45. The Balaban J connectivity index is 1.59. The fourth-order valence-electron chi connectivity index (χ4n) is 4.07. The average Bonchev–Trinajstić information content (AvgIpc) is 3.40. The quantitative estimate of drug-likeness (QED) is 0.726. The van der Waals surface area contributed by atoms with Gasteiger partial charge in [-0.05, 0) is 57.2 Å². The molecule has 1 saturated carbocycles. The zero-order valence-corrected chi connectivity index (χ0v) is 17.5. The fraction of sp³-hybridized carbons (Fsp3) is 0.429. The van der Waals surface area contributed by atoms with Gasteiger partial charge >= 0.3 is 5.97 Å². The van der Waals surface area contributed by atoms with Gasteiger partial charge < -0.3 is 19.9 Å². The van der Waals surface area contributed by atoms with Crippen molar-refractivity contribution in [1.82, 2.24) is 10.1 Å². The van der Waals surface area contributed by atoms with Gasteiger partial charge in [0.1, 0.15) is 0 Å². The number of carbonyl (C=O) groups is 3. The molecular weight excluding hydrogens is 410 g/mol. The number of nitrogens with two attached hydrogens (primary N) is 1. The van der Waals surface area contributed by atoms with Crippen LogP contribution in [0.3, 0.4) is 0 Å². The molecule has 0 bridgehead atoms. The monoisotopic (exact) mass is 431 g/mol. The Morgan fingerprint density at radius 2 is 1.97 bits per heavy atom. The lowest BCUT2D eigenvalue weighted by Gasteiger charge is -2.24. The summed E-state index contributed by atoms with van der Waals surface area (Å²) in [6.45, 7) is 4.33. The molecule has 9 heteroatoms. The van der Waals surface area contributed by atoms with Gasteiger partial charge in [0, 0.05) is 24.2 Å². The van der Waals surface area contributed by atoms with Gasteiger partial charge in [0.15, 0.2) is 17.1 Å². The summed E-state index contributed by atoms with van der Waals surface area (Å²) in [5.74, 6) is -1.21. The number of hydrogen-bond donors (Lipinski definition) is 1. The van der Waals surface area contributed by atoms with Crippen LogP contribution in [0.5, 0.6) is 0 Å². The summed E-state index contributed by atoms with van der Waals surface area (Å²) in [6.07, 6.45) is 2.33. The molecule has 0 radical (unpaired) electrons. The maximum Gasteiger partial charge on any atom is 0.361 e. The molecular formula is C21H22ClN3O5. The summed E-state index contributed by atoms with van der Waals surface area (Å²) < 4.78 is 10.8. The summed E-state index contributed by atoms with van der Waals surface area (Å²) in [4.78, 5) is 38.6. The number of aromatic nitrogens is 1. The van der Waals surface area contributed by atoms with Crippen molar-refractivity contribution in [2.24, 2.45) is 5.73 Å². The Kier molecular flexibility index (Phi) is 5.05. The minimum atomic E-state index is -1.28. The topological polar surface area (TPSA) is 116 Å². The predicted octanol–water partition coefficient (Wildman–Crippen LogP) is 3.31. The first-order valence-corrected chi connectivity index (χ1v) is 10.2. The summed E-state index contributed by atoms with van der Waals surface area (Å²) in [5.41, 5.74) is 5.98. The Morgan fingerprint density at radius 1 is 1.27 bits per heavy atom. The van der Waals surface area contributed by atoms with Crippen molar-refractivity contribution in [2.45, 2.75) is 57.7 Å². The van der Waals surface area contributed by atoms with Crippen molar-refractivity contribution in [3.63, 3.8) is 0 Å². The summed E-state index contributed by atoms with van der Waals surface area (Å²) >= 11 is 6.37. The minimum Gasteiger partial charge on any atom is -0.444 e. The van der Waals surface area contributed by atoms with Crippen LogP contribution >= 0.6 is 11.6 Å². The van der Waals surface area contributed by atoms with Crippen molar-refractivity contribution in [1.29, 1.82) is 0 Å². The third kappa shape index (κ3) is 3.35. The molecule has 1 aliphatic carbocycles. The van der Waals surface area contributed by atoms with Crippen molar-refractivity contribution in [3.05, 3.63) is 40.0 Å². The maximum atomic E-state index is 12.6. The number of amides is 2. The molecule has 0 atom stereocenters. The number of hydrogen-bond acceptors (Lipinski definition) is 6. The first-order valence-electron chi connectivity index (χ1n) is 9.85. The molecule has 4 rings (SSSR count). The van der Waals surface area contributed by atoms with Crippen LogP contribution in [-0.4, -0.2) is 39.5 Å². The molecule has 1 aromatic carbocycles. The summed E-state index contributed by atoms with van der Waals surface area (Å²) in [5, 5.41) is 4.10. The third-order valence-corrected chi connectivity index (χ3v) is 6.06. The summed E-state index contributed by atoms with van der Waals surface area (Å²) in [7, 11) is 0. The molecule has 1 fully saturated rings. The van der Waals surface area contributed by atoms with Crippen LogP contribution in [0.2, 0.25) is 5.02 Å². The fourth-order valence-corrected chi connectivity index (χ4v) is 4.39. The van der Waals surface area contributed by atoms with Crippen LogP contribution in [0.15, 0.2) is 22.7 Å². The SMILES string of the molecule is CC(C)N1Cc2cc(-c3cc(C(=O)OC4(C(N)=O)CCCC4)no3)cc(Cl)c2C1=O. The van der Waals surface area contributed by atoms with E-state index < -0.39 is 17.5 Å². The molecule has 2 N–H and O–H groups in total. The second-order valence-corrected chi connectivity index (χ2v) is 8.46. The van der Waals surface area contributed by atoms with Crippen molar-refractivity contribution in [3.8, 4) is 11.3 Å². The number of fused-ring (bicyclic) bond motifs is 1. The van der Waals surface area contributed by atoms with E-state index >= 15 is 0 Å². The summed E-state index contributed by atoms with van der Waals surface area (Å²) in [6, 6.07) is 4.89. The third-order valence-electron chi connectivity index (χ3n) is 5.76. The number of primary amides is 1. The van der Waals surface area contributed by atoms with E-state index in [-0.39, 0.29) is 17.6 Å². The molecule has 0 saturated heterocycles. The van der Waals surface area contributed by atoms with Crippen LogP contribution < -0.4 is 5.73 Å². The highest BCUT2D eigenvalue weighted by Crippen LogP contribution is 2.36. The van der Waals surface area contributed by atoms with Gasteiger partial charge in [-0.2, -0.15) is 0 Å². The van der Waals surface area contributed by atoms with E-state index in [4.69, 9.17) is 26.6 Å². The van der Waals surface area contributed by atoms with E-state index in [2.05, 4.69) is 5.16 Å². The number of halogens is 1. The van der Waals surface area contributed by atoms with Gasteiger partial charge in [-0.3, -0.25) is 9.59 Å². The molecule has 8 nitrogen and oxygen atoms in total. The number of rotatable bonds is 5. The van der Waals surface area contributed by atoms with E-state index in [0.29, 0.717) is 41.3 Å².